The van der Waals surface area contributed by atoms with Crippen LogP contribution in [0, 0.1) is 6.92 Å². The first kappa shape index (κ1) is 11.0. The molecule has 0 atom stereocenters. The van der Waals surface area contributed by atoms with Gasteiger partial charge in [0.2, 0.25) is 11.8 Å². The number of hydrogen-bond donors (Lipinski definition) is 2. The lowest BCUT2D eigenvalue weighted by Gasteiger charge is -2.01. The molecule has 3 rings (SSSR count). The number of aromatic amines is 1. The molecule has 0 aliphatic carbocycles. The van der Waals surface area contributed by atoms with Crippen LogP contribution in [0.2, 0.25) is 0 Å². The number of nitrogens with one attached hydrogen (secondary N) is 2. The monoisotopic (exact) mass is 263 g/mol. The molecule has 3 heterocycles. The molecular weight excluding hydrogens is 254 g/mol. The molecule has 0 aliphatic heterocycles. The number of H-pyrrole nitrogens is 1. The molecule has 3 aromatic heterocycles. The number of imidazole rings is 1. The number of aryl methyl sites for hydroxylation is 1. The third-order valence-corrected chi connectivity index (χ3v) is 3.00. The summed E-state index contributed by atoms with van der Waals surface area (Å²) in [4.78, 5) is 15.7. The Morgan fingerprint density at radius 2 is 2.22 bits per heavy atom. The lowest BCUT2D eigenvalue weighted by atomic mass is 10.5. The highest BCUT2D eigenvalue weighted by molar-refractivity contribution is 7.99. The largest absolute Gasteiger partial charge is 0.416 e. The Bertz CT molecular complexity index is 691. The van der Waals surface area contributed by atoms with Crippen molar-refractivity contribution in [3.05, 3.63) is 12.2 Å². The van der Waals surface area contributed by atoms with Gasteiger partial charge in [-0.2, -0.15) is 4.98 Å². The Hall–Kier alpha value is -2.16. The van der Waals surface area contributed by atoms with Gasteiger partial charge in [-0.15, -0.1) is 10.2 Å². The van der Waals surface area contributed by atoms with Crippen LogP contribution in [0.1, 0.15) is 5.89 Å². The zero-order valence-electron chi connectivity index (χ0n) is 9.63. The van der Waals surface area contributed by atoms with Crippen LogP contribution < -0.4 is 5.32 Å². The molecule has 0 bridgehead atoms. The lowest BCUT2D eigenvalue weighted by Crippen LogP contribution is -1.98. The Kier molecular flexibility index (Phi) is 2.59. The van der Waals surface area contributed by atoms with Crippen LogP contribution in [0.25, 0.3) is 11.2 Å². The molecule has 2 N–H and O–H groups in total. The van der Waals surface area contributed by atoms with Crippen molar-refractivity contribution in [2.45, 2.75) is 17.2 Å². The van der Waals surface area contributed by atoms with Crippen molar-refractivity contribution >= 4 is 28.9 Å². The van der Waals surface area contributed by atoms with Crippen LogP contribution >= 0.6 is 11.8 Å². The molecule has 8 nitrogen and oxygen atoms in total. The van der Waals surface area contributed by atoms with E-state index in [4.69, 9.17) is 4.42 Å². The topological polar surface area (TPSA) is 105 Å². The van der Waals surface area contributed by atoms with Gasteiger partial charge in [0.25, 0.3) is 5.22 Å². The van der Waals surface area contributed by atoms with Gasteiger partial charge in [-0.1, -0.05) is 0 Å². The lowest BCUT2D eigenvalue weighted by molar-refractivity contribution is 0.429. The molecule has 18 heavy (non-hydrogen) atoms. The predicted octanol–water partition coefficient (Wildman–Crippen LogP) is 1.24. The summed E-state index contributed by atoms with van der Waals surface area (Å²) < 4.78 is 5.31. The Labute approximate surface area is 106 Å². The molecule has 0 spiro atoms. The summed E-state index contributed by atoms with van der Waals surface area (Å²) in [6.07, 6.45) is 1.57. The van der Waals surface area contributed by atoms with Crippen molar-refractivity contribution in [1.29, 1.82) is 0 Å². The second-order valence-corrected chi connectivity index (χ2v) is 4.33. The van der Waals surface area contributed by atoms with Crippen molar-refractivity contribution in [1.82, 2.24) is 30.1 Å². The molecule has 0 radical (unpaired) electrons. The van der Waals surface area contributed by atoms with E-state index in [1.165, 1.54) is 11.8 Å². The van der Waals surface area contributed by atoms with Crippen molar-refractivity contribution < 1.29 is 4.42 Å². The van der Waals surface area contributed by atoms with Crippen molar-refractivity contribution in [3.8, 4) is 0 Å². The van der Waals surface area contributed by atoms with Gasteiger partial charge in [-0.3, -0.25) is 0 Å². The van der Waals surface area contributed by atoms with Crippen LogP contribution in [0.15, 0.2) is 21.0 Å². The Balaban J connectivity index is 2.06. The summed E-state index contributed by atoms with van der Waals surface area (Å²) in [6, 6.07) is 0. The number of anilines is 1. The minimum absolute atomic E-state index is 0.434. The van der Waals surface area contributed by atoms with Crippen LogP contribution in [0.5, 0.6) is 0 Å². The number of aromatic nitrogens is 6. The maximum Gasteiger partial charge on any atom is 0.283 e. The molecule has 0 saturated heterocycles. The maximum atomic E-state index is 5.31. The number of nitrogens with zero attached hydrogens (tertiary/aromatic N) is 5. The van der Waals surface area contributed by atoms with Crippen LogP contribution in [0.4, 0.5) is 5.95 Å². The highest BCUT2D eigenvalue weighted by atomic mass is 32.2. The highest BCUT2D eigenvalue weighted by Gasteiger charge is 2.13. The molecule has 0 aliphatic rings. The normalized spacial score (nSPS) is 11.0. The zero-order valence-corrected chi connectivity index (χ0v) is 10.4. The summed E-state index contributed by atoms with van der Waals surface area (Å²) in [5.74, 6) is 1.01. The van der Waals surface area contributed by atoms with Crippen molar-refractivity contribution in [2.75, 3.05) is 12.4 Å². The summed E-state index contributed by atoms with van der Waals surface area (Å²) in [7, 11) is 1.75. The van der Waals surface area contributed by atoms with E-state index in [9.17, 15) is 0 Å². The zero-order chi connectivity index (χ0) is 12.5. The fourth-order valence-electron chi connectivity index (χ4n) is 1.39. The van der Waals surface area contributed by atoms with Gasteiger partial charge in [0, 0.05) is 14.0 Å². The minimum atomic E-state index is 0.434. The van der Waals surface area contributed by atoms with Gasteiger partial charge < -0.3 is 14.7 Å². The van der Waals surface area contributed by atoms with Crippen LogP contribution in [-0.4, -0.2) is 37.2 Å². The van der Waals surface area contributed by atoms with E-state index >= 15 is 0 Å². The van der Waals surface area contributed by atoms with Crippen LogP contribution in [-0.2, 0) is 0 Å². The molecule has 3 aromatic rings. The van der Waals surface area contributed by atoms with E-state index in [0.29, 0.717) is 27.7 Å². The number of hydrogen-bond acceptors (Lipinski definition) is 8. The fourth-order valence-corrected chi connectivity index (χ4v) is 2.19. The van der Waals surface area contributed by atoms with Gasteiger partial charge in [0.15, 0.2) is 5.65 Å². The average molecular weight is 263 g/mol. The highest BCUT2D eigenvalue weighted by Crippen LogP contribution is 2.29. The van der Waals surface area contributed by atoms with E-state index in [0.717, 1.165) is 5.52 Å². The van der Waals surface area contributed by atoms with E-state index < -0.39 is 0 Å². The molecule has 0 aromatic carbocycles. The van der Waals surface area contributed by atoms with Crippen molar-refractivity contribution in [3.63, 3.8) is 0 Å². The SMILES string of the molecule is CNc1nc(Sc2nnc(C)o2)c2[nH]cnc2n1. The molecule has 0 fully saturated rings. The van der Waals surface area contributed by atoms with E-state index in [1.807, 2.05) is 0 Å². The second-order valence-electron chi connectivity index (χ2n) is 3.39. The first-order valence-electron chi connectivity index (χ1n) is 5.13. The van der Waals surface area contributed by atoms with E-state index in [2.05, 4.69) is 35.5 Å². The minimum Gasteiger partial charge on any atom is -0.416 e. The standard InChI is InChI=1S/C9H9N7OS/c1-4-15-16-9(17-4)18-7-5-6(12-3-11-5)13-8(10-2)14-7/h3H,1-2H3,(H2,10,11,12,13,14). The Morgan fingerprint density at radius 1 is 1.33 bits per heavy atom. The van der Waals surface area contributed by atoms with E-state index in [1.54, 1.807) is 20.3 Å². The predicted molar refractivity (Wildman–Crippen MR) is 64.4 cm³/mol. The van der Waals surface area contributed by atoms with Crippen LogP contribution in [0.3, 0.4) is 0 Å². The molecular formula is C9H9N7OS. The maximum absolute atomic E-state index is 5.31. The average Bonchev–Trinajstić information content (AvgIpc) is 2.98. The number of rotatable bonds is 3. The fraction of sp³-hybridized carbons (Fsp3) is 0.222. The summed E-state index contributed by atoms with van der Waals surface area (Å²) in [5.41, 5.74) is 1.34. The van der Waals surface area contributed by atoms with Gasteiger partial charge >= 0.3 is 0 Å². The first-order chi connectivity index (χ1) is 8.76. The number of fused-ring (bicyclic) bond motifs is 1. The van der Waals surface area contributed by atoms with Gasteiger partial charge in [-0.25, -0.2) is 9.97 Å². The quantitative estimate of drug-likeness (QED) is 0.680. The molecule has 92 valence electrons. The van der Waals surface area contributed by atoms with E-state index in [-0.39, 0.29) is 0 Å². The third kappa shape index (κ3) is 1.88. The second kappa shape index (κ2) is 4.26. The first-order valence-corrected chi connectivity index (χ1v) is 5.95. The molecule has 9 heteroatoms. The van der Waals surface area contributed by atoms with Gasteiger partial charge in [0.05, 0.1) is 6.33 Å². The summed E-state index contributed by atoms with van der Waals surface area (Å²) in [5, 5.41) is 11.7. The summed E-state index contributed by atoms with van der Waals surface area (Å²) in [6.45, 7) is 1.74. The van der Waals surface area contributed by atoms with Gasteiger partial charge in [-0.05, 0) is 11.8 Å². The smallest absolute Gasteiger partial charge is 0.283 e. The van der Waals surface area contributed by atoms with Crippen molar-refractivity contribution in [2.24, 2.45) is 0 Å². The Morgan fingerprint density at radius 3 is 2.94 bits per heavy atom. The summed E-state index contributed by atoms with van der Waals surface area (Å²) >= 11 is 1.27. The molecule has 0 amide bonds. The third-order valence-electron chi connectivity index (χ3n) is 2.17. The van der Waals surface area contributed by atoms with Gasteiger partial charge in [0.1, 0.15) is 10.5 Å². The molecule has 0 saturated carbocycles. The molecule has 0 unspecified atom stereocenters.